The lowest BCUT2D eigenvalue weighted by Gasteiger charge is -2.19. The molecule has 0 amide bonds. The fourth-order valence-corrected chi connectivity index (χ4v) is 2.50. The van der Waals surface area contributed by atoms with Gasteiger partial charge in [-0.25, -0.2) is 4.39 Å². The van der Waals surface area contributed by atoms with Gasteiger partial charge in [0.1, 0.15) is 5.82 Å². The fraction of sp³-hybridized carbons (Fsp3) is 0.600. The van der Waals surface area contributed by atoms with Gasteiger partial charge in [0.15, 0.2) is 0 Å². The predicted molar refractivity (Wildman–Crippen MR) is 79.3 cm³/mol. The lowest BCUT2D eigenvalue weighted by Crippen LogP contribution is -2.31. The van der Waals surface area contributed by atoms with Gasteiger partial charge >= 0.3 is 0 Å². The number of nitrogens with one attached hydrogen (secondary N) is 1. The van der Waals surface area contributed by atoms with Crippen LogP contribution in [0.3, 0.4) is 0 Å². The monoisotopic (exact) mass is 315 g/mol. The largest absolute Gasteiger partial charge is 0.314 e. The summed E-state index contributed by atoms with van der Waals surface area (Å²) in [6, 6.07) is 5.69. The number of likely N-dealkylation sites (N-methyl/N-ethyl adjacent to an activating group) is 1. The van der Waals surface area contributed by atoms with E-state index in [1.54, 1.807) is 6.07 Å². The quantitative estimate of drug-likeness (QED) is 0.778. The zero-order valence-corrected chi connectivity index (χ0v) is 13.1. The SMILES string of the molecule is CCNC(CCC(C)C)Cc1cccc(F)c1Br. The van der Waals surface area contributed by atoms with Crippen LogP contribution in [-0.4, -0.2) is 12.6 Å². The van der Waals surface area contributed by atoms with E-state index >= 15 is 0 Å². The van der Waals surface area contributed by atoms with Crippen molar-refractivity contribution in [2.75, 3.05) is 6.54 Å². The Hall–Kier alpha value is -0.410. The molecule has 1 rings (SSSR count). The van der Waals surface area contributed by atoms with Crippen molar-refractivity contribution in [1.29, 1.82) is 0 Å². The molecule has 0 fully saturated rings. The minimum Gasteiger partial charge on any atom is -0.314 e. The van der Waals surface area contributed by atoms with Crippen LogP contribution in [0.1, 0.15) is 39.2 Å². The molecule has 1 N–H and O–H groups in total. The molecule has 1 unspecified atom stereocenters. The minimum absolute atomic E-state index is 0.174. The van der Waals surface area contributed by atoms with Crippen molar-refractivity contribution in [3.63, 3.8) is 0 Å². The van der Waals surface area contributed by atoms with Crippen LogP contribution in [0.15, 0.2) is 22.7 Å². The average molecular weight is 316 g/mol. The molecular weight excluding hydrogens is 293 g/mol. The lowest BCUT2D eigenvalue weighted by molar-refractivity contribution is 0.433. The second-order valence-corrected chi connectivity index (χ2v) is 5.94. The van der Waals surface area contributed by atoms with Gasteiger partial charge in [0.25, 0.3) is 0 Å². The number of hydrogen-bond donors (Lipinski definition) is 1. The van der Waals surface area contributed by atoms with Crippen molar-refractivity contribution in [3.8, 4) is 0 Å². The molecule has 0 radical (unpaired) electrons. The van der Waals surface area contributed by atoms with Crippen molar-refractivity contribution in [2.45, 2.75) is 46.1 Å². The maximum absolute atomic E-state index is 13.5. The highest BCUT2D eigenvalue weighted by atomic mass is 79.9. The summed E-state index contributed by atoms with van der Waals surface area (Å²) in [5.74, 6) is 0.536. The molecule has 1 aromatic carbocycles. The maximum atomic E-state index is 13.5. The third-order valence-electron chi connectivity index (χ3n) is 3.08. The molecule has 3 heteroatoms. The van der Waals surface area contributed by atoms with E-state index in [0.717, 1.165) is 24.9 Å². The average Bonchev–Trinajstić information content (AvgIpc) is 2.32. The number of halogens is 2. The molecule has 0 aliphatic rings. The van der Waals surface area contributed by atoms with Crippen LogP contribution in [0, 0.1) is 11.7 Å². The predicted octanol–water partition coefficient (Wildman–Crippen LogP) is 4.55. The summed E-state index contributed by atoms with van der Waals surface area (Å²) in [6.45, 7) is 7.54. The molecule has 0 saturated carbocycles. The van der Waals surface area contributed by atoms with E-state index in [2.05, 4.69) is 42.0 Å². The summed E-state index contributed by atoms with van der Waals surface area (Å²) in [4.78, 5) is 0. The van der Waals surface area contributed by atoms with Crippen molar-refractivity contribution in [1.82, 2.24) is 5.32 Å². The summed E-state index contributed by atoms with van der Waals surface area (Å²) < 4.78 is 14.1. The molecular formula is C15H23BrFN. The summed E-state index contributed by atoms with van der Waals surface area (Å²) in [7, 11) is 0. The van der Waals surface area contributed by atoms with Gasteiger partial charge in [-0.05, 0) is 59.3 Å². The highest BCUT2D eigenvalue weighted by Gasteiger charge is 2.13. The Labute approximate surface area is 118 Å². The molecule has 0 bridgehead atoms. The summed E-state index contributed by atoms with van der Waals surface area (Å²) in [5.41, 5.74) is 1.05. The minimum atomic E-state index is -0.174. The second-order valence-electron chi connectivity index (χ2n) is 5.14. The first kappa shape index (κ1) is 15.6. The van der Waals surface area contributed by atoms with Crippen LogP contribution in [0.2, 0.25) is 0 Å². The Morgan fingerprint density at radius 3 is 2.61 bits per heavy atom. The number of hydrogen-bond acceptors (Lipinski definition) is 1. The van der Waals surface area contributed by atoms with Crippen LogP contribution in [0.5, 0.6) is 0 Å². The smallest absolute Gasteiger partial charge is 0.137 e. The van der Waals surface area contributed by atoms with E-state index in [-0.39, 0.29) is 5.82 Å². The third kappa shape index (κ3) is 5.07. The third-order valence-corrected chi connectivity index (χ3v) is 3.97. The molecule has 1 nitrogen and oxygen atoms in total. The molecule has 0 heterocycles. The highest BCUT2D eigenvalue weighted by Crippen LogP contribution is 2.22. The van der Waals surface area contributed by atoms with Gasteiger partial charge in [-0.15, -0.1) is 0 Å². The van der Waals surface area contributed by atoms with E-state index in [4.69, 9.17) is 0 Å². The van der Waals surface area contributed by atoms with Gasteiger partial charge in [0, 0.05) is 6.04 Å². The normalized spacial score (nSPS) is 13.0. The van der Waals surface area contributed by atoms with E-state index in [1.165, 1.54) is 12.5 Å². The first-order valence-corrected chi connectivity index (χ1v) is 7.50. The summed E-state index contributed by atoms with van der Waals surface area (Å²) in [6.07, 6.45) is 3.21. The van der Waals surface area contributed by atoms with Gasteiger partial charge in [-0.3, -0.25) is 0 Å². The van der Waals surface area contributed by atoms with Gasteiger partial charge < -0.3 is 5.32 Å². The van der Waals surface area contributed by atoms with Crippen molar-refractivity contribution >= 4 is 15.9 Å². The van der Waals surface area contributed by atoms with E-state index < -0.39 is 0 Å². The molecule has 0 aliphatic carbocycles. The Morgan fingerprint density at radius 2 is 2.00 bits per heavy atom. The van der Waals surface area contributed by atoms with E-state index in [9.17, 15) is 4.39 Å². The van der Waals surface area contributed by atoms with Gasteiger partial charge in [0.05, 0.1) is 4.47 Å². The highest BCUT2D eigenvalue weighted by molar-refractivity contribution is 9.10. The van der Waals surface area contributed by atoms with Crippen molar-refractivity contribution in [3.05, 3.63) is 34.1 Å². The molecule has 102 valence electrons. The Morgan fingerprint density at radius 1 is 1.28 bits per heavy atom. The Balaban J connectivity index is 2.67. The number of rotatable bonds is 7. The van der Waals surface area contributed by atoms with Crippen molar-refractivity contribution < 1.29 is 4.39 Å². The molecule has 0 saturated heterocycles. The molecule has 18 heavy (non-hydrogen) atoms. The molecule has 1 atom stereocenters. The van der Waals surface area contributed by atoms with E-state index in [1.807, 2.05) is 6.07 Å². The Kier molecular flexibility index (Phi) is 6.87. The van der Waals surface area contributed by atoms with E-state index in [0.29, 0.717) is 16.4 Å². The zero-order chi connectivity index (χ0) is 13.5. The summed E-state index contributed by atoms with van der Waals surface area (Å²) in [5, 5.41) is 3.49. The molecule has 1 aromatic rings. The maximum Gasteiger partial charge on any atom is 0.137 e. The van der Waals surface area contributed by atoms with Crippen LogP contribution in [0.25, 0.3) is 0 Å². The molecule has 0 aliphatic heterocycles. The standard InChI is InChI=1S/C15H23BrFN/c1-4-18-13(9-8-11(2)3)10-12-6-5-7-14(17)15(12)16/h5-7,11,13,18H,4,8-10H2,1-3H3. The fourth-order valence-electron chi connectivity index (χ4n) is 2.07. The van der Waals surface area contributed by atoms with Crippen LogP contribution in [0.4, 0.5) is 4.39 Å². The van der Waals surface area contributed by atoms with Gasteiger partial charge in [-0.2, -0.15) is 0 Å². The number of benzene rings is 1. The first-order valence-electron chi connectivity index (χ1n) is 6.70. The first-order chi connectivity index (χ1) is 8.54. The molecule has 0 aromatic heterocycles. The Bertz CT molecular complexity index is 366. The van der Waals surface area contributed by atoms with Gasteiger partial charge in [-0.1, -0.05) is 32.9 Å². The van der Waals surface area contributed by atoms with Crippen LogP contribution < -0.4 is 5.32 Å². The topological polar surface area (TPSA) is 12.0 Å². The van der Waals surface area contributed by atoms with Crippen LogP contribution >= 0.6 is 15.9 Å². The van der Waals surface area contributed by atoms with Crippen LogP contribution in [-0.2, 0) is 6.42 Å². The summed E-state index contributed by atoms with van der Waals surface area (Å²) >= 11 is 3.34. The van der Waals surface area contributed by atoms with Crippen molar-refractivity contribution in [2.24, 2.45) is 5.92 Å². The second kappa shape index (κ2) is 7.90. The van der Waals surface area contributed by atoms with Gasteiger partial charge in [0.2, 0.25) is 0 Å². The zero-order valence-electron chi connectivity index (χ0n) is 11.5. The molecule has 0 spiro atoms. The lowest BCUT2D eigenvalue weighted by atomic mass is 9.97.